The Morgan fingerprint density at radius 2 is 1.61 bits per heavy atom. The van der Waals surface area contributed by atoms with Gasteiger partial charge >= 0.3 is 0 Å². The fourth-order valence-electron chi connectivity index (χ4n) is 3.34. The Morgan fingerprint density at radius 3 is 2.39 bits per heavy atom. The topological polar surface area (TPSA) is 76.2 Å². The SMILES string of the molecule is O=C(COCCOc1ccccc1)N[C@@H](Cc1ccccc1)c1nc2ccccc2[nH]1. The van der Waals surface area contributed by atoms with Crippen LogP contribution in [0.1, 0.15) is 17.4 Å². The molecule has 6 heteroatoms. The number of amides is 1. The molecular formula is C25H25N3O3. The third-order valence-corrected chi connectivity index (χ3v) is 4.83. The molecule has 6 nitrogen and oxygen atoms in total. The number of rotatable bonds is 10. The normalized spacial score (nSPS) is 11.9. The lowest BCUT2D eigenvalue weighted by molar-refractivity contribution is -0.126. The van der Waals surface area contributed by atoms with Crippen LogP contribution < -0.4 is 10.1 Å². The zero-order valence-corrected chi connectivity index (χ0v) is 17.2. The van der Waals surface area contributed by atoms with Crippen molar-refractivity contribution < 1.29 is 14.3 Å². The highest BCUT2D eigenvalue weighted by atomic mass is 16.5. The summed E-state index contributed by atoms with van der Waals surface area (Å²) in [6.07, 6.45) is 0.628. The zero-order chi connectivity index (χ0) is 21.3. The Labute approximate surface area is 181 Å². The number of nitrogens with zero attached hydrogens (tertiary/aromatic N) is 1. The summed E-state index contributed by atoms with van der Waals surface area (Å²) in [5, 5.41) is 3.05. The molecule has 0 aliphatic rings. The van der Waals surface area contributed by atoms with E-state index < -0.39 is 0 Å². The van der Waals surface area contributed by atoms with Gasteiger partial charge in [-0.1, -0.05) is 60.7 Å². The maximum atomic E-state index is 12.5. The summed E-state index contributed by atoms with van der Waals surface area (Å²) in [6.45, 7) is 0.675. The molecular weight excluding hydrogens is 390 g/mol. The van der Waals surface area contributed by atoms with Gasteiger partial charge in [-0.15, -0.1) is 0 Å². The second-order valence-corrected chi connectivity index (χ2v) is 7.16. The monoisotopic (exact) mass is 415 g/mol. The lowest BCUT2D eigenvalue weighted by atomic mass is 10.1. The van der Waals surface area contributed by atoms with Gasteiger partial charge in [0.2, 0.25) is 5.91 Å². The molecule has 1 aromatic heterocycles. The molecule has 158 valence electrons. The lowest BCUT2D eigenvalue weighted by Crippen LogP contribution is -2.34. The van der Waals surface area contributed by atoms with Crippen LogP contribution in [-0.4, -0.2) is 35.7 Å². The van der Waals surface area contributed by atoms with Crippen molar-refractivity contribution in [3.8, 4) is 5.75 Å². The summed E-state index contributed by atoms with van der Waals surface area (Å²) in [6, 6.07) is 27.1. The molecule has 0 spiro atoms. The average Bonchev–Trinajstić information content (AvgIpc) is 3.24. The van der Waals surface area contributed by atoms with Crippen LogP contribution >= 0.6 is 0 Å². The molecule has 0 aliphatic heterocycles. The van der Waals surface area contributed by atoms with E-state index in [2.05, 4.69) is 15.3 Å². The second-order valence-electron chi connectivity index (χ2n) is 7.16. The van der Waals surface area contributed by atoms with Crippen LogP contribution in [0.4, 0.5) is 0 Å². The maximum Gasteiger partial charge on any atom is 0.246 e. The van der Waals surface area contributed by atoms with Crippen LogP contribution in [0.15, 0.2) is 84.9 Å². The van der Waals surface area contributed by atoms with E-state index in [0.717, 1.165) is 28.2 Å². The smallest absolute Gasteiger partial charge is 0.246 e. The Morgan fingerprint density at radius 1 is 0.903 bits per heavy atom. The van der Waals surface area contributed by atoms with Crippen molar-refractivity contribution in [1.29, 1.82) is 0 Å². The fourth-order valence-corrected chi connectivity index (χ4v) is 3.34. The maximum absolute atomic E-state index is 12.5. The van der Waals surface area contributed by atoms with Crippen molar-refractivity contribution in [1.82, 2.24) is 15.3 Å². The minimum Gasteiger partial charge on any atom is -0.491 e. The standard InChI is InChI=1S/C25H25N3O3/c29-24(18-30-15-16-31-20-11-5-2-6-12-20)26-23(17-19-9-3-1-4-10-19)25-27-21-13-7-8-14-22(21)28-25/h1-14,23H,15-18H2,(H,26,29)(H,27,28)/t23-/m0/s1. The van der Waals surface area contributed by atoms with Crippen LogP contribution in [0.2, 0.25) is 0 Å². The molecule has 31 heavy (non-hydrogen) atoms. The number of carbonyl (C=O) groups excluding carboxylic acids is 1. The quantitative estimate of drug-likeness (QED) is 0.383. The van der Waals surface area contributed by atoms with Crippen LogP contribution in [-0.2, 0) is 16.0 Å². The first-order chi connectivity index (χ1) is 15.3. The van der Waals surface area contributed by atoms with Gasteiger partial charge in [0.1, 0.15) is 24.8 Å². The van der Waals surface area contributed by atoms with Crippen LogP contribution in [0, 0.1) is 0 Å². The number of imidazole rings is 1. The van der Waals surface area contributed by atoms with E-state index in [1.165, 1.54) is 0 Å². The number of hydrogen-bond donors (Lipinski definition) is 2. The molecule has 0 fully saturated rings. The molecule has 4 rings (SSSR count). The zero-order valence-electron chi connectivity index (χ0n) is 17.2. The third-order valence-electron chi connectivity index (χ3n) is 4.83. The molecule has 0 unspecified atom stereocenters. The molecule has 1 amide bonds. The molecule has 2 N–H and O–H groups in total. The number of fused-ring (bicyclic) bond motifs is 1. The van der Waals surface area contributed by atoms with E-state index in [1.807, 2.05) is 84.9 Å². The van der Waals surface area contributed by atoms with Gasteiger partial charge in [-0.3, -0.25) is 4.79 Å². The Balaban J connectivity index is 1.34. The van der Waals surface area contributed by atoms with Gasteiger partial charge in [-0.2, -0.15) is 0 Å². The molecule has 3 aromatic carbocycles. The number of ether oxygens (including phenoxy) is 2. The molecule has 0 saturated heterocycles. The molecule has 0 radical (unpaired) electrons. The van der Waals surface area contributed by atoms with Gasteiger partial charge in [0.15, 0.2) is 0 Å². The Hall–Kier alpha value is -3.64. The Kier molecular flexibility index (Phi) is 6.92. The third kappa shape index (κ3) is 5.93. The first-order valence-corrected chi connectivity index (χ1v) is 10.3. The predicted octanol–water partition coefficient (Wildman–Crippen LogP) is 4.06. The number of aromatic amines is 1. The summed E-state index contributed by atoms with van der Waals surface area (Å²) < 4.78 is 11.1. The molecule has 4 aromatic rings. The minimum absolute atomic E-state index is 0.0380. The summed E-state index contributed by atoms with van der Waals surface area (Å²) in [5.41, 5.74) is 2.93. The number of nitrogens with one attached hydrogen (secondary N) is 2. The molecule has 0 saturated carbocycles. The van der Waals surface area contributed by atoms with Gasteiger partial charge in [0.25, 0.3) is 0 Å². The minimum atomic E-state index is -0.286. The molecule has 1 heterocycles. The van der Waals surface area contributed by atoms with Crippen LogP contribution in [0.5, 0.6) is 5.75 Å². The predicted molar refractivity (Wildman–Crippen MR) is 120 cm³/mol. The highest BCUT2D eigenvalue weighted by Gasteiger charge is 2.19. The van der Waals surface area contributed by atoms with Crippen molar-refractivity contribution in [3.63, 3.8) is 0 Å². The van der Waals surface area contributed by atoms with E-state index in [9.17, 15) is 4.79 Å². The fraction of sp³-hybridized carbons (Fsp3) is 0.200. The van der Waals surface area contributed by atoms with Gasteiger partial charge < -0.3 is 19.8 Å². The van der Waals surface area contributed by atoms with Crippen LogP contribution in [0.25, 0.3) is 11.0 Å². The van der Waals surface area contributed by atoms with E-state index in [-0.39, 0.29) is 18.6 Å². The largest absolute Gasteiger partial charge is 0.491 e. The van der Waals surface area contributed by atoms with E-state index in [4.69, 9.17) is 9.47 Å². The molecule has 0 bridgehead atoms. The van der Waals surface area contributed by atoms with Crippen molar-refractivity contribution in [3.05, 3.63) is 96.3 Å². The van der Waals surface area contributed by atoms with Gasteiger partial charge in [-0.25, -0.2) is 4.98 Å². The number of hydrogen-bond acceptors (Lipinski definition) is 4. The summed E-state index contributed by atoms with van der Waals surface area (Å²) in [4.78, 5) is 20.6. The number of carbonyl (C=O) groups is 1. The summed E-state index contributed by atoms with van der Waals surface area (Å²) >= 11 is 0. The summed E-state index contributed by atoms with van der Waals surface area (Å²) in [5.74, 6) is 1.32. The van der Waals surface area contributed by atoms with Crippen molar-refractivity contribution in [2.45, 2.75) is 12.5 Å². The highest BCUT2D eigenvalue weighted by Crippen LogP contribution is 2.20. The van der Waals surface area contributed by atoms with Crippen molar-refractivity contribution >= 4 is 16.9 Å². The molecule has 0 aliphatic carbocycles. The first kappa shape index (κ1) is 20.6. The molecule has 1 atom stereocenters. The number of H-pyrrole nitrogens is 1. The van der Waals surface area contributed by atoms with Crippen molar-refractivity contribution in [2.24, 2.45) is 0 Å². The first-order valence-electron chi connectivity index (χ1n) is 10.3. The van der Waals surface area contributed by atoms with E-state index in [0.29, 0.717) is 19.6 Å². The van der Waals surface area contributed by atoms with Gasteiger partial charge in [-0.05, 0) is 36.2 Å². The van der Waals surface area contributed by atoms with Gasteiger partial charge in [0.05, 0.1) is 23.7 Å². The number of aromatic nitrogens is 2. The second kappa shape index (κ2) is 10.4. The van der Waals surface area contributed by atoms with Crippen molar-refractivity contribution in [2.75, 3.05) is 19.8 Å². The summed E-state index contributed by atoms with van der Waals surface area (Å²) in [7, 11) is 0. The van der Waals surface area contributed by atoms with E-state index >= 15 is 0 Å². The average molecular weight is 415 g/mol. The highest BCUT2D eigenvalue weighted by molar-refractivity contribution is 5.78. The van der Waals surface area contributed by atoms with Gasteiger partial charge in [0, 0.05) is 0 Å². The number of para-hydroxylation sites is 3. The lowest BCUT2D eigenvalue weighted by Gasteiger charge is -2.17. The van der Waals surface area contributed by atoms with E-state index in [1.54, 1.807) is 0 Å². The van der Waals surface area contributed by atoms with Crippen LogP contribution in [0.3, 0.4) is 0 Å². The Bertz CT molecular complexity index is 1060. The number of benzene rings is 3.